The molecule has 1 saturated carbocycles. The first-order chi connectivity index (χ1) is 8.20. The van der Waals surface area contributed by atoms with Crippen LogP contribution in [0.5, 0.6) is 0 Å². The largest absolute Gasteiger partial charge is 0.249 e. The maximum atomic E-state index is 8.79. The highest BCUT2D eigenvalue weighted by atomic mass is 15.4. The first-order valence-corrected chi connectivity index (χ1v) is 6.49. The molecule has 0 unspecified atom stereocenters. The van der Waals surface area contributed by atoms with Crippen LogP contribution in [0, 0.1) is 23.2 Å². The van der Waals surface area contributed by atoms with E-state index in [2.05, 4.69) is 30.2 Å². The van der Waals surface area contributed by atoms with E-state index < -0.39 is 0 Å². The second-order valence-electron chi connectivity index (χ2n) is 5.37. The molecular weight excluding hydrogens is 212 g/mol. The lowest BCUT2D eigenvalue weighted by Gasteiger charge is -2.08. The molecule has 0 spiro atoms. The van der Waals surface area contributed by atoms with E-state index in [0.717, 1.165) is 31.0 Å². The molecule has 0 amide bonds. The van der Waals surface area contributed by atoms with Crippen LogP contribution < -0.4 is 0 Å². The van der Waals surface area contributed by atoms with Crippen LogP contribution in [0.2, 0.25) is 0 Å². The summed E-state index contributed by atoms with van der Waals surface area (Å²) in [5.41, 5.74) is 2.10. The molecule has 0 aliphatic heterocycles. The van der Waals surface area contributed by atoms with Crippen molar-refractivity contribution < 1.29 is 0 Å². The number of hydrogen-bond acceptors (Lipinski definition) is 3. The van der Waals surface area contributed by atoms with Gasteiger partial charge in [-0.05, 0) is 37.5 Å². The van der Waals surface area contributed by atoms with Crippen LogP contribution in [0.25, 0.3) is 0 Å². The molecule has 0 saturated heterocycles. The van der Waals surface area contributed by atoms with Gasteiger partial charge in [0.1, 0.15) is 0 Å². The standard InChI is InChI=1S/C13H20N4/c1-10(2)6-8-17-13(9-11-3-4-11)12(5-7-14)15-16-17/h10-11H,3-6,8-9H2,1-2H3. The fraction of sp³-hybridized carbons (Fsp3) is 0.769. The molecule has 1 heterocycles. The molecule has 1 fully saturated rings. The Bertz CT molecular complexity index is 410. The molecule has 0 bridgehead atoms. The van der Waals surface area contributed by atoms with Crippen LogP contribution in [0.4, 0.5) is 0 Å². The van der Waals surface area contributed by atoms with E-state index >= 15 is 0 Å². The smallest absolute Gasteiger partial charge is 0.0999 e. The van der Waals surface area contributed by atoms with Crippen molar-refractivity contribution in [1.82, 2.24) is 15.0 Å². The van der Waals surface area contributed by atoms with Crippen LogP contribution in [0.1, 0.15) is 44.5 Å². The lowest BCUT2D eigenvalue weighted by Crippen LogP contribution is -2.09. The monoisotopic (exact) mass is 232 g/mol. The first kappa shape index (κ1) is 12.1. The van der Waals surface area contributed by atoms with Gasteiger partial charge in [0.25, 0.3) is 0 Å². The Hall–Kier alpha value is -1.37. The van der Waals surface area contributed by atoms with Crippen molar-refractivity contribution in [3.63, 3.8) is 0 Å². The Balaban J connectivity index is 2.09. The van der Waals surface area contributed by atoms with Gasteiger partial charge in [0, 0.05) is 6.54 Å². The van der Waals surface area contributed by atoms with Crippen LogP contribution in [0.15, 0.2) is 0 Å². The van der Waals surface area contributed by atoms with E-state index in [1.54, 1.807) is 0 Å². The zero-order chi connectivity index (χ0) is 12.3. The maximum absolute atomic E-state index is 8.79. The molecule has 0 N–H and O–H groups in total. The summed E-state index contributed by atoms with van der Waals surface area (Å²) in [7, 11) is 0. The van der Waals surface area contributed by atoms with Gasteiger partial charge in [-0.1, -0.05) is 19.1 Å². The van der Waals surface area contributed by atoms with E-state index in [4.69, 9.17) is 5.26 Å². The minimum Gasteiger partial charge on any atom is -0.249 e. The van der Waals surface area contributed by atoms with Gasteiger partial charge < -0.3 is 0 Å². The van der Waals surface area contributed by atoms with Crippen LogP contribution in [0.3, 0.4) is 0 Å². The maximum Gasteiger partial charge on any atom is 0.0999 e. The molecule has 4 nitrogen and oxygen atoms in total. The zero-order valence-corrected chi connectivity index (χ0v) is 10.7. The molecule has 1 aromatic heterocycles. The average molecular weight is 232 g/mol. The Morgan fingerprint density at radius 3 is 2.82 bits per heavy atom. The number of nitrogens with zero attached hydrogens (tertiary/aromatic N) is 4. The summed E-state index contributed by atoms with van der Waals surface area (Å²) in [6.45, 7) is 5.36. The number of nitriles is 1. The Morgan fingerprint density at radius 2 is 2.24 bits per heavy atom. The first-order valence-electron chi connectivity index (χ1n) is 6.49. The van der Waals surface area contributed by atoms with Crippen molar-refractivity contribution in [1.29, 1.82) is 5.26 Å². The van der Waals surface area contributed by atoms with Crippen molar-refractivity contribution in [3.05, 3.63) is 11.4 Å². The van der Waals surface area contributed by atoms with Crippen molar-refractivity contribution >= 4 is 0 Å². The molecule has 17 heavy (non-hydrogen) atoms. The number of rotatable bonds is 6. The SMILES string of the molecule is CC(C)CCn1nnc(CC#N)c1CC1CC1. The molecule has 92 valence electrons. The Labute approximate surface area is 103 Å². The van der Waals surface area contributed by atoms with Gasteiger partial charge in [-0.15, -0.1) is 5.10 Å². The normalized spacial score (nSPS) is 15.2. The predicted octanol–water partition coefficient (Wildman–Crippen LogP) is 2.34. The van der Waals surface area contributed by atoms with E-state index in [1.807, 2.05) is 4.68 Å². The van der Waals surface area contributed by atoms with Gasteiger partial charge in [0.05, 0.1) is 23.9 Å². The summed E-state index contributed by atoms with van der Waals surface area (Å²) in [6, 6.07) is 2.18. The van der Waals surface area contributed by atoms with Crippen LogP contribution in [-0.2, 0) is 19.4 Å². The van der Waals surface area contributed by atoms with Gasteiger partial charge in [-0.2, -0.15) is 5.26 Å². The third-order valence-electron chi connectivity index (χ3n) is 3.26. The highest BCUT2D eigenvalue weighted by Gasteiger charge is 2.25. The summed E-state index contributed by atoms with van der Waals surface area (Å²) in [6.07, 6.45) is 5.21. The lowest BCUT2D eigenvalue weighted by atomic mass is 10.1. The van der Waals surface area contributed by atoms with Crippen molar-refractivity contribution in [3.8, 4) is 6.07 Å². The van der Waals surface area contributed by atoms with Crippen LogP contribution >= 0.6 is 0 Å². The summed E-state index contributed by atoms with van der Waals surface area (Å²) in [4.78, 5) is 0. The fourth-order valence-corrected chi connectivity index (χ4v) is 1.96. The highest BCUT2D eigenvalue weighted by molar-refractivity contribution is 5.16. The molecule has 0 aromatic carbocycles. The minimum absolute atomic E-state index is 0.393. The number of aromatic nitrogens is 3. The van der Waals surface area contributed by atoms with Gasteiger partial charge >= 0.3 is 0 Å². The lowest BCUT2D eigenvalue weighted by molar-refractivity contribution is 0.464. The van der Waals surface area contributed by atoms with Gasteiger partial charge in [0.2, 0.25) is 0 Å². The molecule has 2 rings (SSSR count). The second-order valence-corrected chi connectivity index (χ2v) is 5.37. The van der Waals surface area contributed by atoms with E-state index in [-0.39, 0.29) is 0 Å². The van der Waals surface area contributed by atoms with E-state index in [9.17, 15) is 0 Å². The number of hydrogen-bond donors (Lipinski definition) is 0. The van der Waals surface area contributed by atoms with Crippen molar-refractivity contribution in [2.45, 2.75) is 52.5 Å². The summed E-state index contributed by atoms with van der Waals surface area (Å²) >= 11 is 0. The van der Waals surface area contributed by atoms with Gasteiger partial charge in [-0.25, -0.2) is 4.68 Å². The second kappa shape index (κ2) is 5.31. The quantitative estimate of drug-likeness (QED) is 0.756. The van der Waals surface area contributed by atoms with Crippen molar-refractivity contribution in [2.75, 3.05) is 0 Å². The molecule has 1 aliphatic carbocycles. The zero-order valence-electron chi connectivity index (χ0n) is 10.7. The molecule has 4 heteroatoms. The van der Waals surface area contributed by atoms with E-state index in [0.29, 0.717) is 12.3 Å². The minimum atomic E-state index is 0.393. The topological polar surface area (TPSA) is 54.5 Å². The summed E-state index contributed by atoms with van der Waals surface area (Å²) in [5, 5.41) is 17.2. The Morgan fingerprint density at radius 1 is 1.47 bits per heavy atom. The van der Waals surface area contributed by atoms with Crippen molar-refractivity contribution in [2.24, 2.45) is 11.8 Å². The predicted molar refractivity (Wildman–Crippen MR) is 65.2 cm³/mol. The summed E-state index contributed by atoms with van der Waals surface area (Å²) in [5.74, 6) is 1.48. The molecule has 0 radical (unpaired) electrons. The average Bonchev–Trinajstić information content (AvgIpc) is 3.01. The third kappa shape index (κ3) is 3.29. The van der Waals surface area contributed by atoms with Gasteiger partial charge in [0.15, 0.2) is 0 Å². The summed E-state index contributed by atoms with van der Waals surface area (Å²) < 4.78 is 2.02. The van der Waals surface area contributed by atoms with E-state index in [1.165, 1.54) is 18.5 Å². The van der Waals surface area contributed by atoms with Gasteiger partial charge in [-0.3, -0.25) is 0 Å². The third-order valence-corrected chi connectivity index (χ3v) is 3.26. The van der Waals surface area contributed by atoms with Crippen LogP contribution in [-0.4, -0.2) is 15.0 Å². The molecular formula is C13H20N4. The fourth-order valence-electron chi connectivity index (χ4n) is 1.96. The molecule has 1 aromatic rings. The highest BCUT2D eigenvalue weighted by Crippen LogP contribution is 2.33. The molecule has 1 aliphatic rings. The molecule has 0 atom stereocenters. The Kier molecular flexibility index (Phi) is 3.78. The number of aryl methyl sites for hydroxylation is 1.